The average molecular weight is 586 g/mol. The van der Waals surface area contributed by atoms with Gasteiger partial charge in [-0.2, -0.15) is 0 Å². The van der Waals surface area contributed by atoms with Crippen molar-refractivity contribution in [3.8, 4) is 0 Å². The van der Waals surface area contributed by atoms with Gasteiger partial charge in [0.1, 0.15) is 11.4 Å². The second-order valence-corrected chi connectivity index (χ2v) is 10.5. The summed E-state index contributed by atoms with van der Waals surface area (Å²) in [6, 6.07) is 12.4. The van der Waals surface area contributed by atoms with Gasteiger partial charge in [0.05, 0.1) is 24.6 Å². The number of β-lactam (4-membered cyclic amide) rings is 1. The molecule has 0 aliphatic carbocycles. The summed E-state index contributed by atoms with van der Waals surface area (Å²) in [4.78, 5) is 78.5. The summed E-state index contributed by atoms with van der Waals surface area (Å²) in [5.41, 5.74) is 1.41. The Morgan fingerprint density at radius 1 is 0.976 bits per heavy atom. The zero-order valence-corrected chi connectivity index (χ0v) is 25.1. The number of nitrogens with one attached hydrogen (secondary N) is 2. The molecule has 2 atom stereocenters. The number of hydrogen-bond donors (Lipinski definition) is 2. The van der Waals surface area contributed by atoms with Gasteiger partial charge >= 0.3 is 41.6 Å². The fourth-order valence-corrected chi connectivity index (χ4v) is 6.08. The Kier molecular flexibility index (Phi) is 9.22. The minimum absolute atomic E-state index is 0. The van der Waals surface area contributed by atoms with Crippen molar-refractivity contribution in [3.63, 3.8) is 0 Å². The number of anilines is 1. The van der Waals surface area contributed by atoms with Crippen molar-refractivity contribution in [2.24, 2.45) is 0 Å². The van der Waals surface area contributed by atoms with Gasteiger partial charge in [-0.15, -0.1) is 11.8 Å². The van der Waals surface area contributed by atoms with Gasteiger partial charge in [-0.1, -0.05) is 36.4 Å². The van der Waals surface area contributed by atoms with E-state index >= 15 is 0 Å². The first-order valence-corrected chi connectivity index (χ1v) is 13.4. The maximum absolute atomic E-state index is 13.0. The Hall–Kier alpha value is -3.65. The van der Waals surface area contributed by atoms with E-state index in [0.29, 0.717) is 22.5 Å². The van der Waals surface area contributed by atoms with Crippen LogP contribution in [0.5, 0.6) is 0 Å². The number of thioether (sulfide) groups is 1. The number of carboxylic acids is 1. The molecule has 14 heteroatoms. The molecule has 5 rings (SSSR count). The van der Waals surface area contributed by atoms with Gasteiger partial charge in [0.25, 0.3) is 11.8 Å². The Morgan fingerprint density at radius 2 is 1.63 bits per heavy atom. The summed E-state index contributed by atoms with van der Waals surface area (Å²) >= 11 is 1.35. The fourth-order valence-electron chi connectivity index (χ4n) is 4.79. The van der Waals surface area contributed by atoms with Gasteiger partial charge < -0.3 is 20.5 Å². The summed E-state index contributed by atoms with van der Waals surface area (Å²) in [7, 11) is 0. The quantitative estimate of drug-likeness (QED) is 0.285. The number of benzene rings is 2. The molecule has 1 unspecified atom stereocenters. The van der Waals surface area contributed by atoms with Crippen molar-refractivity contribution in [1.29, 1.82) is 0 Å². The molecule has 12 nitrogen and oxygen atoms in total. The Morgan fingerprint density at radius 3 is 2.34 bits per heavy atom. The topological polar surface area (TPSA) is 159 Å². The predicted octanol–water partition coefficient (Wildman–Crippen LogP) is -2.23. The first-order valence-electron chi connectivity index (χ1n) is 12.4. The van der Waals surface area contributed by atoms with E-state index in [9.17, 15) is 33.9 Å². The molecule has 3 aliphatic rings. The van der Waals surface area contributed by atoms with E-state index in [4.69, 9.17) is 0 Å². The van der Waals surface area contributed by atoms with E-state index < -0.39 is 47.2 Å². The largest absolute Gasteiger partial charge is 1.00 e. The molecule has 0 bridgehead atoms. The third-order valence-electron chi connectivity index (χ3n) is 6.80. The minimum Gasteiger partial charge on any atom is -0.543 e. The molecule has 2 aromatic rings. The number of imide groups is 2. The molecule has 2 fully saturated rings. The van der Waals surface area contributed by atoms with E-state index in [1.165, 1.54) is 11.8 Å². The zero-order chi connectivity index (χ0) is 28.6. The number of aliphatic carboxylic acids is 1. The first-order chi connectivity index (χ1) is 19.2. The third kappa shape index (κ3) is 5.89. The van der Waals surface area contributed by atoms with Crippen LogP contribution in [0.15, 0.2) is 65.9 Å². The summed E-state index contributed by atoms with van der Waals surface area (Å²) in [5, 5.41) is 16.2. The van der Waals surface area contributed by atoms with Crippen LogP contribution in [0, 0.1) is 0 Å². The first kappa shape index (κ1) is 30.3. The second kappa shape index (κ2) is 12.5. The molecule has 0 aromatic heterocycles. The summed E-state index contributed by atoms with van der Waals surface area (Å²) in [5.74, 6) is -2.58. The van der Waals surface area contributed by atoms with Gasteiger partial charge in [0.15, 0.2) is 0 Å². The van der Waals surface area contributed by atoms with Crippen LogP contribution in [0.4, 0.5) is 15.3 Å². The number of para-hydroxylation sites is 1. The molecule has 0 spiro atoms. The van der Waals surface area contributed by atoms with Crippen LogP contribution in [0.2, 0.25) is 0 Å². The maximum atomic E-state index is 13.0. The summed E-state index contributed by atoms with van der Waals surface area (Å²) in [6.07, 6.45) is -0.188. The maximum Gasteiger partial charge on any atom is 1.00 e. The van der Waals surface area contributed by atoms with Gasteiger partial charge in [-0.05, 0) is 36.3 Å². The predicted molar refractivity (Wildman–Crippen MR) is 141 cm³/mol. The standard InChI is InChI=1S/C27H25N5O7S.Na/c1-15-14-40-24-20(23(35)32(24)21(15)25(36)37)29-19(33)13-17-9-5-6-10-18(17)28-26(38)31-12-11-30(27(31)39)22(34)16-7-3-2-4-8-16;/h2-10,20,24H,11-14H2,1H3,(H,28,38)(H,29,33)(H,36,37);/q;+1/p-1/t20?,24-;/m1./s1. The molecule has 0 saturated carbocycles. The van der Waals surface area contributed by atoms with Gasteiger partial charge in [-0.25, -0.2) is 14.5 Å². The van der Waals surface area contributed by atoms with E-state index in [1.54, 1.807) is 61.5 Å². The Balaban J connectivity index is 0.00000387. The number of carbonyl (C=O) groups excluding carboxylic acids is 6. The van der Waals surface area contributed by atoms with Gasteiger partial charge in [0, 0.05) is 23.5 Å². The van der Waals surface area contributed by atoms with Gasteiger partial charge in [-0.3, -0.25) is 24.2 Å². The molecule has 0 radical (unpaired) electrons. The summed E-state index contributed by atoms with van der Waals surface area (Å²) in [6.45, 7) is 1.67. The number of amides is 7. The van der Waals surface area contributed by atoms with Crippen molar-refractivity contribution in [2.45, 2.75) is 24.8 Å². The molecular weight excluding hydrogens is 561 g/mol. The monoisotopic (exact) mass is 585 g/mol. The molecule has 2 N–H and O–H groups in total. The van der Waals surface area contributed by atoms with Gasteiger partial charge in [0.2, 0.25) is 5.91 Å². The van der Waals surface area contributed by atoms with Crippen LogP contribution in [0.25, 0.3) is 0 Å². The Labute approximate surface area is 261 Å². The van der Waals surface area contributed by atoms with Crippen LogP contribution in [-0.4, -0.2) is 80.7 Å². The molecule has 3 heterocycles. The molecule has 2 aromatic carbocycles. The molecule has 206 valence electrons. The fraction of sp³-hybridized carbons (Fsp3) is 0.259. The number of hydrogen-bond acceptors (Lipinski definition) is 8. The smallest absolute Gasteiger partial charge is 0.543 e. The molecule has 3 aliphatic heterocycles. The number of fused-ring (bicyclic) bond motifs is 1. The summed E-state index contributed by atoms with van der Waals surface area (Å²) < 4.78 is 0. The average Bonchev–Trinajstić information content (AvgIpc) is 3.33. The van der Waals surface area contributed by atoms with Crippen molar-refractivity contribution < 1.29 is 63.4 Å². The van der Waals surface area contributed by atoms with E-state index in [-0.39, 0.29) is 60.5 Å². The molecule has 2 saturated heterocycles. The van der Waals surface area contributed by atoms with E-state index in [0.717, 1.165) is 14.7 Å². The third-order valence-corrected chi connectivity index (χ3v) is 8.22. The Bertz CT molecular complexity index is 1470. The number of carbonyl (C=O) groups is 6. The van der Waals surface area contributed by atoms with E-state index in [2.05, 4.69) is 10.6 Å². The normalized spacial score (nSPS) is 19.7. The number of nitrogens with zero attached hydrogens (tertiary/aromatic N) is 3. The van der Waals surface area contributed by atoms with Crippen LogP contribution in [-0.2, 0) is 20.8 Å². The van der Waals surface area contributed by atoms with Crippen LogP contribution in [0.3, 0.4) is 0 Å². The number of rotatable bonds is 6. The van der Waals surface area contributed by atoms with Crippen molar-refractivity contribution in [1.82, 2.24) is 20.0 Å². The SMILES string of the molecule is CC1=C(C(=O)[O-])N2C(=O)C(NC(=O)Cc3ccccc3NC(=O)N3CCN(C(=O)c4ccccc4)C3=O)[C@H]2SC1.[Na+]. The number of carboxylic acid groups (broad SMARTS) is 1. The molecule has 7 amide bonds. The second-order valence-electron chi connectivity index (χ2n) is 9.39. The van der Waals surface area contributed by atoms with Crippen molar-refractivity contribution in [3.05, 3.63) is 77.0 Å². The van der Waals surface area contributed by atoms with Crippen LogP contribution < -0.4 is 45.3 Å². The number of urea groups is 2. The minimum atomic E-state index is -1.44. The van der Waals surface area contributed by atoms with Crippen LogP contribution in [0.1, 0.15) is 22.8 Å². The van der Waals surface area contributed by atoms with Crippen LogP contribution >= 0.6 is 11.8 Å². The van der Waals surface area contributed by atoms with Crippen molar-refractivity contribution in [2.75, 3.05) is 24.2 Å². The molecule has 41 heavy (non-hydrogen) atoms. The van der Waals surface area contributed by atoms with Crippen molar-refractivity contribution >= 4 is 53.2 Å². The van der Waals surface area contributed by atoms with E-state index in [1.807, 2.05) is 0 Å². The zero-order valence-electron chi connectivity index (χ0n) is 22.3. The molecular formula is C27H24N5NaO7S.